The molecule has 35 heavy (non-hydrogen) atoms. The van der Waals surface area contributed by atoms with Gasteiger partial charge in [0.1, 0.15) is 13.1 Å². The highest BCUT2D eigenvalue weighted by atomic mass is 19.4. The van der Waals surface area contributed by atoms with Crippen molar-refractivity contribution in [3.8, 4) is 16.9 Å². The van der Waals surface area contributed by atoms with Crippen LogP contribution in [-0.4, -0.2) is 47.5 Å². The van der Waals surface area contributed by atoms with Gasteiger partial charge in [-0.05, 0) is 24.3 Å². The second kappa shape index (κ2) is 8.38. The Hall–Kier alpha value is -4.48. The van der Waals surface area contributed by atoms with Gasteiger partial charge in [-0.15, -0.1) is 0 Å². The number of fused-ring (bicyclic) bond motifs is 2. The highest BCUT2D eigenvalue weighted by Gasteiger charge is 2.28. The Kier molecular flexibility index (Phi) is 5.35. The molecule has 5 rings (SSSR count). The molecule has 5 aromatic rings. The fourth-order valence-corrected chi connectivity index (χ4v) is 3.95. The first-order valence-corrected chi connectivity index (χ1v) is 10.5. The first kappa shape index (κ1) is 22.3. The molecule has 0 spiro atoms. The lowest BCUT2D eigenvalue weighted by Crippen LogP contribution is -2.37. The van der Waals surface area contributed by atoms with Gasteiger partial charge in [-0.2, -0.15) is 18.3 Å². The molecule has 0 aliphatic carbocycles. The molecule has 0 aliphatic heterocycles. The van der Waals surface area contributed by atoms with E-state index in [-0.39, 0.29) is 0 Å². The van der Waals surface area contributed by atoms with Crippen LogP contribution >= 0.6 is 0 Å². The summed E-state index contributed by atoms with van der Waals surface area (Å²) in [6.45, 7) is -2.02. The van der Waals surface area contributed by atoms with Gasteiger partial charge in [0.05, 0.1) is 46.5 Å². The molecule has 0 atom stereocenters. The third kappa shape index (κ3) is 4.14. The van der Waals surface area contributed by atoms with Crippen LogP contribution in [0.15, 0.2) is 66.0 Å². The predicted octanol–water partition coefficient (Wildman–Crippen LogP) is 2.81. The largest absolute Gasteiger partial charge is 0.405 e. The standard InChI is InChI=1S/C23H18F3N7O2/c1-31-20-11-27-9-15(16(20)10-30-31)17-7-6-14(8-28-17)33-19-5-3-2-4-18(19)32(22(33)35)12-21(34)29-13-23(24,25)26/h2-11H,12-13H2,1H3,(H,29,34). The normalized spacial score (nSPS) is 11.9. The maximum atomic E-state index is 13.2. The third-order valence-corrected chi connectivity index (χ3v) is 5.58. The number of hydrogen-bond donors (Lipinski definition) is 1. The molecule has 0 unspecified atom stereocenters. The number of aryl methyl sites for hydroxylation is 1. The van der Waals surface area contributed by atoms with Crippen molar-refractivity contribution < 1.29 is 18.0 Å². The summed E-state index contributed by atoms with van der Waals surface area (Å²) in [5.41, 5.74) is 3.02. The average Bonchev–Trinajstić information content (AvgIpc) is 3.35. The first-order valence-electron chi connectivity index (χ1n) is 10.5. The summed E-state index contributed by atoms with van der Waals surface area (Å²) in [7, 11) is 1.82. The maximum absolute atomic E-state index is 13.2. The van der Waals surface area contributed by atoms with Gasteiger partial charge in [-0.1, -0.05) is 12.1 Å². The molecular formula is C23H18F3N7O2. The molecule has 0 bridgehead atoms. The minimum absolute atomic E-state index is 0.410. The van der Waals surface area contributed by atoms with Gasteiger partial charge in [-0.25, -0.2) is 4.79 Å². The van der Waals surface area contributed by atoms with Crippen molar-refractivity contribution in [3.05, 3.63) is 71.7 Å². The molecule has 1 aromatic carbocycles. The molecule has 0 aliphatic rings. The van der Waals surface area contributed by atoms with E-state index in [4.69, 9.17) is 0 Å². The van der Waals surface area contributed by atoms with Crippen LogP contribution in [0.5, 0.6) is 0 Å². The summed E-state index contributed by atoms with van der Waals surface area (Å²) in [5, 5.41) is 6.92. The van der Waals surface area contributed by atoms with E-state index in [9.17, 15) is 22.8 Å². The van der Waals surface area contributed by atoms with Gasteiger partial charge in [-0.3, -0.25) is 28.6 Å². The number of halogens is 3. The lowest BCUT2D eigenvalue weighted by Gasteiger charge is -2.08. The van der Waals surface area contributed by atoms with Crippen molar-refractivity contribution in [1.82, 2.24) is 34.2 Å². The van der Waals surface area contributed by atoms with E-state index < -0.39 is 30.9 Å². The lowest BCUT2D eigenvalue weighted by atomic mass is 10.1. The van der Waals surface area contributed by atoms with Crippen molar-refractivity contribution in [3.63, 3.8) is 0 Å². The van der Waals surface area contributed by atoms with Crippen LogP contribution in [-0.2, 0) is 18.4 Å². The predicted molar refractivity (Wildman–Crippen MR) is 122 cm³/mol. The summed E-state index contributed by atoms with van der Waals surface area (Å²) in [6, 6.07) is 10.2. The van der Waals surface area contributed by atoms with Crippen molar-refractivity contribution >= 4 is 27.8 Å². The number of carbonyl (C=O) groups is 1. The zero-order valence-corrected chi connectivity index (χ0v) is 18.3. The second-order valence-electron chi connectivity index (χ2n) is 7.87. The molecule has 0 saturated heterocycles. The van der Waals surface area contributed by atoms with Crippen LogP contribution in [0, 0.1) is 0 Å². The topological polar surface area (TPSA) is 99.6 Å². The van der Waals surface area contributed by atoms with E-state index >= 15 is 0 Å². The molecule has 9 nitrogen and oxygen atoms in total. The van der Waals surface area contributed by atoms with Crippen LogP contribution in [0.3, 0.4) is 0 Å². The Labute approximate surface area is 195 Å². The van der Waals surface area contributed by atoms with Gasteiger partial charge in [0.15, 0.2) is 0 Å². The summed E-state index contributed by atoms with van der Waals surface area (Å²) < 4.78 is 41.6. The minimum Gasteiger partial charge on any atom is -0.345 e. The molecule has 0 fully saturated rings. The van der Waals surface area contributed by atoms with Crippen LogP contribution in [0.4, 0.5) is 13.2 Å². The fraction of sp³-hybridized carbons (Fsp3) is 0.174. The van der Waals surface area contributed by atoms with Crippen molar-refractivity contribution in [1.29, 1.82) is 0 Å². The van der Waals surface area contributed by atoms with Crippen molar-refractivity contribution in [2.45, 2.75) is 12.7 Å². The highest BCUT2D eigenvalue weighted by Crippen LogP contribution is 2.26. The third-order valence-electron chi connectivity index (χ3n) is 5.58. The van der Waals surface area contributed by atoms with Crippen LogP contribution in [0.25, 0.3) is 38.9 Å². The minimum atomic E-state index is -4.54. The number of pyridine rings is 2. The number of para-hydroxylation sites is 2. The Morgan fingerprint density at radius 3 is 2.49 bits per heavy atom. The van der Waals surface area contributed by atoms with Crippen LogP contribution in [0.2, 0.25) is 0 Å². The van der Waals surface area contributed by atoms with E-state index in [0.717, 1.165) is 21.0 Å². The molecule has 4 aromatic heterocycles. The number of benzene rings is 1. The van der Waals surface area contributed by atoms with Crippen molar-refractivity contribution in [2.24, 2.45) is 7.05 Å². The number of aromatic nitrogens is 6. The maximum Gasteiger partial charge on any atom is 0.405 e. The average molecular weight is 481 g/mol. The Morgan fingerprint density at radius 1 is 1.00 bits per heavy atom. The van der Waals surface area contributed by atoms with Crippen molar-refractivity contribution in [2.75, 3.05) is 6.54 Å². The first-order chi connectivity index (χ1) is 16.7. The molecule has 1 N–H and O–H groups in total. The van der Waals surface area contributed by atoms with E-state index in [1.165, 1.54) is 10.8 Å². The Bertz CT molecular complexity index is 1610. The number of hydrogen-bond acceptors (Lipinski definition) is 5. The number of alkyl halides is 3. The van der Waals surface area contributed by atoms with Crippen LogP contribution in [0.1, 0.15) is 0 Å². The quantitative estimate of drug-likeness (QED) is 0.416. The summed E-state index contributed by atoms with van der Waals surface area (Å²) in [4.78, 5) is 34.1. The molecular weight excluding hydrogens is 463 g/mol. The van der Waals surface area contributed by atoms with Gasteiger partial charge < -0.3 is 5.32 Å². The number of amides is 1. The number of imidazole rings is 1. The zero-order valence-electron chi connectivity index (χ0n) is 18.3. The van der Waals surface area contributed by atoms with E-state index in [1.54, 1.807) is 65.0 Å². The van der Waals surface area contributed by atoms with E-state index in [0.29, 0.717) is 22.4 Å². The van der Waals surface area contributed by atoms with Gasteiger partial charge in [0, 0.05) is 24.2 Å². The summed E-state index contributed by atoms with van der Waals surface area (Å²) in [5.74, 6) is -0.919. The zero-order chi connectivity index (χ0) is 24.7. The van der Waals surface area contributed by atoms with Gasteiger partial charge >= 0.3 is 11.9 Å². The summed E-state index contributed by atoms with van der Waals surface area (Å²) in [6.07, 6.45) is 2.09. The molecule has 4 heterocycles. The smallest absolute Gasteiger partial charge is 0.345 e. The van der Waals surface area contributed by atoms with Gasteiger partial charge in [0.2, 0.25) is 5.91 Å². The molecule has 1 amide bonds. The number of rotatable bonds is 5. The second-order valence-corrected chi connectivity index (χ2v) is 7.87. The van der Waals surface area contributed by atoms with Gasteiger partial charge in [0.25, 0.3) is 0 Å². The molecule has 0 saturated carbocycles. The van der Waals surface area contributed by atoms with E-state index in [1.807, 2.05) is 7.05 Å². The summed E-state index contributed by atoms with van der Waals surface area (Å²) >= 11 is 0. The SMILES string of the molecule is Cn1ncc2c(-c3ccc(-n4c(=O)n(CC(=O)NCC(F)(F)F)c5ccccc54)cn3)cncc21. The fourth-order valence-electron chi connectivity index (χ4n) is 3.95. The van der Waals surface area contributed by atoms with E-state index in [2.05, 4.69) is 15.1 Å². The molecule has 0 radical (unpaired) electrons. The Balaban J connectivity index is 1.52. The molecule has 178 valence electrons. The van der Waals surface area contributed by atoms with Crippen LogP contribution < -0.4 is 11.0 Å². The Morgan fingerprint density at radius 2 is 1.77 bits per heavy atom. The molecule has 12 heteroatoms. The number of carbonyl (C=O) groups excluding carboxylic acids is 1. The monoisotopic (exact) mass is 481 g/mol. The number of nitrogens with one attached hydrogen (secondary N) is 1. The highest BCUT2D eigenvalue weighted by molar-refractivity contribution is 5.92. The number of nitrogens with zero attached hydrogens (tertiary/aromatic N) is 6. The lowest BCUT2D eigenvalue weighted by molar-refractivity contribution is -0.138.